The van der Waals surface area contributed by atoms with E-state index in [-0.39, 0.29) is 18.0 Å². The summed E-state index contributed by atoms with van der Waals surface area (Å²) in [5.74, 6) is 0.954. The van der Waals surface area contributed by atoms with E-state index in [4.69, 9.17) is 4.74 Å². The number of carbonyl (C=O) groups is 2. The molecule has 2 fully saturated rings. The van der Waals surface area contributed by atoms with Crippen LogP contribution in [0, 0.1) is 0 Å². The van der Waals surface area contributed by atoms with Gasteiger partial charge in [0.2, 0.25) is 0 Å². The number of piperazine rings is 1. The second kappa shape index (κ2) is 5.53. The van der Waals surface area contributed by atoms with Crippen molar-refractivity contribution < 1.29 is 14.3 Å². The van der Waals surface area contributed by atoms with Crippen LogP contribution in [0.15, 0.2) is 18.2 Å². The minimum absolute atomic E-state index is 0.0586. The highest BCUT2D eigenvalue weighted by Crippen LogP contribution is 2.31. The van der Waals surface area contributed by atoms with Crippen LogP contribution >= 0.6 is 0 Å². The van der Waals surface area contributed by atoms with Crippen LogP contribution < -0.4 is 4.74 Å². The molecule has 0 bridgehead atoms. The van der Waals surface area contributed by atoms with Gasteiger partial charge in [-0.2, -0.15) is 0 Å². The topological polar surface area (TPSA) is 53.1 Å². The number of benzene rings is 1. The molecule has 3 heterocycles. The SMILES string of the molecule is CCN1C(=O)C2CN(Cc3cccc4c3OCC4)CCN2C1=O. The average molecular weight is 315 g/mol. The van der Waals surface area contributed by atoms with Gasteiger partial charge in [0.15, 0.2) is 0 Å². The zero-order valence-electron chi connectivity index (χ0n) is 13.3. The van der Waals surface area contributed by atoms with Gasteiger partial charge in [0, 0.05) is 44.7 Å². The van der Waals surface area contributed by atoms with Gasteiger partial charge in [-0.3, -0.25) is 14.6 Å². The van der Waals surface area contributed by atoms with Crippen LogP contribution in [0.25, 0.3) is 0 Å². The Morgan fingerprint density at radius 3 is 2.96 bits per heavy atom. The molecule has 0 spiro atoms. The maximum absolute atomic E-state index is 12.4. The van der Waals surface area contributed by atoms with E-state index in [1.165, 1.54) is 16.0 Å². The minimum Gasteiger partial charge on any atom is -0.493 e. The number of rotatable bonds is 3. The molecule has 1 aromatic rings. The fourth-order valence-corrected chi connectivity index (χ4v) is 3.79. The van der Waals surface area contributed by atoms with E-state index in [1.54, 1.807) is 4.90 Å². The van der Waals surface area contributed by atoms with E-state index in [0.717, 1.165) is 31.9 Å². The molecule has 1 aromatic carbocycles. The molecule has 1 unspecified atom stereocenters. The van der Waals surface area contributed by atoms with Crippen molar-refractivity contribution in [2.75, 3.05) is 32.8 Å². The maximum Gasteiger partial charge on any atom is 0.327 e. The molecule has 6 nitrogen and oxygen atoms in total. The fraction of sp³-hybridized carbons (Fsp3) is 0.529. The fourth-order valence-electron chi connectivity index (χ4n) is 3.79. The van der Waals surface area contributed by atoms with E-state index in [2.05, 4.69) is 23.1 Å². The number of carbonyl (C=O) groups excluding carboxylic acids is 2. The van der Waals surface area contributed by atoms with Crippen molar-refractivity contribution >= 4 is 11.9 Å². The van der Waals surface area contributed by atoms with Crippen molar-refractivity contribution in [3.63, 3.8) is 0 Å². The molecule has 0 saturated carbocycles. The Bertz CT molecular complexity index is 660. The third-order valence-electron chi connectivity index (χ3n) is 5.00. The first-order chi connectivity index (χ1) is 11.2. The number of hydrogen-bond acceptors (Lipinski definition) is 4. The van der Waals surface area contributed by atoms with Gasteiger partial charge in [0.1, 0.15) is 11.8 Å². The number of fused-ring (bicyclic) bond motifs is 2. The highest BCUT2D eigenvalue weighted by atomic mass is 16.5. The van der Waals surface area contributed by atoms with Gasteiger partial charge in [0.05, 0.1) is 6.61 Å². The summed E-state index contributed by atoms with van der Waals surface area (Å²) in [4.78, 5) is 29.9. The molecular weight excluding hydrogens is 294 g/mol. The van der Waals surface area contributed by atoms with Crippen molar-refractivity contribution in [3.05, 3.63) is 29.3 Å². The molecule has 122 valence electrons. The van der Waals surface area contributed by atoms with Gasteiger partial charge in [0.25, 0.3) is 5.91 Å². The Morgan fingerprint density at radius 2 is 2.13 bits per heavy atom. The lowest BCUT2D eigenvalue weighted by atomic mass is 10.1. The molecule has 0 aliphatic carbocycles. The number of likely N-dealkylation sites (N-methyl/N-ethyl adjacent to an activating group) is 1. The second-order valence-electron chi connectivity index (χ2n) is 6.31. The third-order valence-corrected chi connectivity index (χ3v) is 5.00. The van der Waals surface area contributed by atoms with E-state index in [1.807, 2.05) is 6.92 Å². The first kappa shape index (κ1) is 14.5. The number of urea groups is 1. The number of amides is 3. The lowest BCUT2D eigenvalue weighted by Gasteiger charge is -2.35. The summed E-state index contributed by atoms with van der Waals surface area (Å²) in [6, 6.07) is 5.82. The molecule has 0 aromatic heterocycles. The quantitative estimate of drug-likeness (QED) is 0.784. The summed E-state index contributed by atoms with van der Waals surface area (Å²) in [5, 5.41) is 0. The lowest BCUT2D eigenvalue weighted by molar-refractivity contribution is -0.129. The second-order valence-corrected chi connectivity index (χ2v) is 6.31. The zero-order valence-corrected chi connectivity index (χ0v) is 13.3. The van der Waals surface area contributed by atoms with Crippen molar-refractivity contribution in [2.24, 2.45) is 0 Å². The van der Waals surface area contributed by atoms with E-state index in [0.29, 0.717) is 19.6 Å². The molecule has 6 heteroatoms. The predicted octanol–water partition coefficient (Wildman–Crippen LogP) is 1.09. The van der Waals surface area contributed by atoms with E-state index >= 15 is 0 Å². The summed E-state index contributed by atoms with van der Waals surface area (Å²) >= 11 is 0. The largest absolute Gasteiger partial charge is 0.493 e. The maximum atomic E-state index is 12.4. The smallest absolute Gasteiger partial charge is 0.327 e. The van der Waals surface area contributed by atoms with Crippen molar-refractivity contribution in [1.29, 1.82) is 0 Å². The molecular formula is C17H21N3O3. The average Bonchev–Trinajstić information content (AvgIpc) is 3.12. The molecule has 3 amide bonds. The van der Waals surface area contributed by atoms with Gasteiger partial charge < -0.3 is 9.64 Å². The zero-order chi connectivity index (χ0) is 16.0. The van der Waals surface area contributed by atoms with Gasteiger partial charge in [-0.25, -0.2) is 4.79 Å². The molecule has 3 aliphatic rings. The van der Waals surface area contributed by atoms with Crippen LogP contribution in [0.4, 0.5) is 4.79 Å². The Kier molecular flexibility index (Phi) is 3.49. The first-order valence-electron chi connectivity index (χ1n) is 8.27. The van der Waals surface area contributed by atoms with E-state index in [9.17, 15) is 9.59 Å². The molecule has 2 saturated heterocycles. The van der Waals surface area contributed by atoms with Gasteiger partial charge in [-0.1, -0.05) is 18.2 Å². The van der Waals surface area contributed by atoms with Crippen molar-refractivity contribution in [2.45, 2.75) is 25.9 Å². The summed E-state index contributed by atoms with van der Waals surface area (Å²) < 4.78 is 5.76. The first-order valence-corrected chi connectivity index (χ1v) is 8.27. The van der Waals surface area contributed by atoms with E-state index < -0.39 is 0 Å². The number of ether oxygens (including phenoxy) is 1. The normalized spacial score (nSPS) is 24.0. The van der Waals surface area contributed by atoms with Crippen LogP contribution in [0.3, 0.4) is 0 Å². The summed E-state index contributed by atoms with van der Waals surface area (Å²) in [5.41, 5.74) is 2.45. The van der Waals surface area contributed by atoms with Gasteiger partial charge in [-0.05, 0) is 12.5 Å². The standard InChI is InChI=1S/C17H21N3O3/c1-2-19-16(21)14-11-18(7-8-20(14)17(19)22)10-13-5-3-4-12-6-9-23-15(12)13/h3-5,14H,2,6-11H2,1H3. The van der Waals surface area contributed by atoms with Crippen LogP contribution in [-0.4, -0.2) is 65.5 Å². The monoisotopic (exact) mass is 315 g/mol. The minimum atomic E-state index is -0.325. The Morgan fingerprint density at radius 1 is 1.26 bits per heavy atom. The number of hydrogen-bond donors (Lipinski definition) is 0. The van der Waals surface area contributed by atoms with Crippen molar-refractivity contribution in [3.8, 4) is 5.75 Å². The van der Waals surface area contributed by atoms with Gasteiger partial charge >= 0.3 is 6.03 Å². The van der Waals surface area contributed by atoms with Crippen LogP contribution in [-0.2, 0) is 17.8 Å². The number of para-hydroxylation sites is 1. The number of nitrogens with zero attached hydrogens (tertiary/aromatic N) is 3. The Labute approximate surface area is 135 Å². The lowest BCUT2D eigenvalue weighted by Crippen LogP contribution is -2.52. The third kappa shape index (κ3) is 2.28. The highest BCUT2D eigenvalue weighted by molar-refractivity contribution is 6.04. The molecule has 1 atom stereocenters. The molecule has 0 N–H and O–H groups in total. The van der Waals surface area contributed by atoms with Gasteiger partial charge in [-0.15, -0.1) is 0 Å². The van der Waals surface area contributed by atoms with Crippen LogP contribution in [0.5, 0.6) is 5.75 Å². The number of imide groups is 1. The van der Waals surface area contributed by atoms with Crippen LogP contribution in [0.2, 0.25) is 0 Å². The summed E-state index contributed by atoms with van der Waals surface area (Å²) in [6.45, 7) is 5.81. The molecule has 0 radical (unpaired) electrons. The molecule has 4 rings (SSSR count). The molecule has 23 heavy (non-hydrogen) atoms. The van der Waals surface area contributed by atoms with Crippen molar-refractivity contribution in [1.82, 2.24) is 14.7 Å². The predicted molar refractivity (Wildman–Crippen MR) is 84.2 cm³/mol. The van der Waals surface area contributed by atoms with Crippen LogP contribution in [0.1, 0.15) is 18.1 Å². The Hall–Kier alpha value is -2.08. The summed E-state index contributed by atoms with van der Waals surface area (Å²) in [7, 11) is 0. The molecule has 3 aliphatic heterocycles. The Balaban J connectivity index is 1.50. The highest BCUT2D eigenvalue weighted by Gasteiger charge is 2.46. The summed E-state index contributed by atoms with van der Waals surface area (Å²) in [6.07, 6.45) is 0.970.